The monoisotopic (exact) mass is 395 g/mol. The number of carbonyl (C=O) groups excluding carboxylic acids is 2. The minimum absolute atomic E-state index is 0.0600. The third-order valence-electron chi connectivity index (χ3n) is 3.99. The normalized spacial score (nSPS) is 10.4. The van der Waals surface area contributed by atoms with Crippen LogP contribution in [0.2, 0.25) is 5.02 Å². The van der Waals surface area contributed by atoms with Crippen molar-refractivity contribution in [1.29, 1.82) is 0 Å². The highest BCUT2D eigenvalue weighted by molar-refractivity contribution is 8.00. The van der Waals surface area contributed by atoms with E-state index in [1.807, 2.05) is 49.4 Å². The van der Waals surface area contributed by atoms with E-state index in [2.05, 4.69) is 5.32 Å². The van der Waals surface area contributed by atoms with Crippen molar-refractivity contribution in [2.75, 3.05) is 11.1 Å². The Morgan fingerprint density at radius 3 is 2.41 bits per heavy atom. The quantitative estimate of drug-likeness (QED) is 0.419. The van der Waals surface area contributed by atoms with E-state index in [0.717, 1.165) is 10.5 Å². The van der Waals surface area contributed by atoms with Crippen molar-refractivity contribution < 1.29 is 9.59 Å². The van der Waals surface area contributed by atoms with Gasteiger partial charge in [0.15, 0.2) is 5.78 Å². The average molecular weight is 396 g/mol. The molecule has 0 fully saturated rings. The van der Waals surface area contributed by atoms with E-state index in [1.165, 1.54) is 11.8 Å². The van der Waals surface area contributed by atoms with Crippen LogP contribution in [0.4, 0.5) is 5.69 Å². The molecule has 0 radical (unpaired) electrons. The first-order valence-electron chi connectivity index (χ1n) is 8.41. The van der Waals surface area contributed by atoms with E-state index in [-0.39, 0.29) is 11.7 Å². The Morgan fingerprint density at radius 1 is 0.926 bits per heavy atom. The van der Waals surface area contributed by atoms with Crippen molar-refractivity contribution in [3.8, 4) is 0 Å². The summed E-state index contributed by atoms with van der Waals surface area (Å²) >= 11 is 7.52. The number of Topliss-reactive ketones (excluding diaryl/α,β-unsaturated/α-hetero) is 1. The van der Waals surface area contributed by atoms with E-state index < -0.39 is 0 Å². The molecule has 0 aromatic heterocycles. The highest BCUT2D eigenvalue weighted by atomic mass is 35.5. The van der Waals surface area contributed by atoms with Crippen molar-refractivity contribution in [2.45, 2.75) is 11.8 Å². The summed E-state index contributed by atoms with van der Waals surface area (Å²) in [7, 11) is 0. The van der Waals surface area contributed by atoms with Crippen molar-refractivity contribution >= 4 is 40.7 Å². The molecule has 1 amide bonds. The van der Waals surface area contributed by atoms with Crippen molar-refractivity contribution in [2.24, 2.45) is 0 Å². The molecule has 0 aliphatic heterocycles. The van der Waals surface area contributed by atoms with Crippen LogP contribution >= 0.6 is 23.4 Å². The van der Waals surface area contributed by atoms with Gasteiger partial charge in [-0.05, 0) is 42.8 Å². The minimum atomic E-state index is -0.216. The standard InChI is InChI=1S/C22H18ClNO2S/c1-15-10-11-18(13-20(15)23)24-22(26)17-8-5-9-19(12-17)27-14-21(25)16-6-3-2-4-7-16/h2-13H,14H2,1H3,(H,24,26). The largest absolute Gasteiger partial charge is 0.322 e. The van der Waals surface area contributed by atoms with E-state index in [1.54, 1.807) is 30.3 Å². The summed E-state index contributed by atoms with van der Waals surface area (Å²) in [6.45, 7) is 1.91. The van der Waals surface area contributed by atoms with Crippen LogP contribution < -0.4 is 5.32 Å². The molecule has 3 rings (SSSR count). The number of thioether (sulfide) groups is 1. The number of carbonyl (C=O) groups is 2. The van der Waals surface area contributed by atoms with Gasteiger partial charge in [0, 0.05) is 26.7 Å². The van der Waals surface area contributed by atoms with Crippen LogP contribution in [-0.4, -0.2) is 17.4 Å². The first-order chi connectivity index (χ1) is 13.0. The molecule has 0 unspecified atom stereocenters. The summed E-state index contributed by atoms with van der Waals surface area (Å²) in [5.41, 5.74) is 2.82. The van der Waals surface area contributed by atoms with Crippen LogP contribution in [-0.2, 0) is 0 Å². The van der Waals surface area contributed by atoms with Gasteiger partial charge in [-0.25, -0.2) is 0 Å². The number of halogens is 1. The SMILES string of the molecule is Cc1ccc(NC(=O)c2cccc(SCC(=O)c3ccccc3)c2)cc1Cl. The summed E-state index contributed by atoms with van der Waals surface area (Å²) in [4.78, 5) is 25.6. The minimum Gasteiger partial charge on any atom is -0.322 e. The first kappa shape index (κ1) is 19.2. The summed E-state index contributed by atoms with van der Waals surface area (Å²) < 4.78 is 0. The highest BCUT2D eigenvalue weighted by Crippen LogP contribution is 2.23. The number of benzene rings is 3. The molecule has 0 bridgehead atoms. The molecule has 3 aromatic carbocycles. The predicted molar refractivity (Wildman–Crippen MR) is 112 cm³/mol. The zero-order valence-electron chi connectivity index (χ0n) is 14.7. The van der Waals surface area contributed by atoms with Gasteiger partial charge in [0.05, 0.1) is 5.75 Å². The van der Waals surface area contributed by atoms with Crippen LogP contribution in [0.3, 0.4) is 0 Å². The molecule has 0 heterocycles. The van der Waals surface area contributed by atoms with Crippen molar-refractivity contribution in [3.63, 3.8) is 0 Å². The lowest BCUT2D eigenvalue weighted by Crippen LogP contribution is -2.12. The summed E-state index contributed by atoms with van der Waals surface area (Å²) in [5.74, 6) is 0.166. The maximum atomic E-state index is 12.5. The van der Waals surface area contributed by atoms with Crippen molar-refractivity contribution in [1.82, 2.24) is 0 Å². The lowest BCUT2D eigenvalue weighted by Gasteiger charge is -2.08. The third kappa shape index (κ3) is 5.22. The molecular formula is C22H18ClNO2S. The molecule has 1 N–H and O–H groups in total. The van der Waals surface area contributed by atoms with Crippen LogP contribution in [0.25, 0.3) is 0 Å². The van der Waals surface area contributed by atoms with Gasteiger partial charge in [-0.2, -0.15) is 0 Å². The molecule has 5 heteroatoms. The van der Waals surface area contributed by atoms with Crippen LogP contribution in [0.15, 0.2) is 77.7 Å². The molecule has 0 saturated heterocycles. The molecule has 0 spiro atoms. The number of hydrogen-bond donors (Lipinski definition) is 1. The molecule has 0 atom stereocenters. The van der Waals surface area contributed by atoms with E-state index in [0.29, 0.717) is 27.6 Å². The number of amides is 1. The van der Waals surface area contributed by atoms with E-state index >= 15 is 0 Å². The second-order valence-corrected chi connectivity index (χ2v) is 7.48. The number of nitrogens with one attached hydrogen (secondary N) is 1. The van der Waals surface area contributed by atoms with Gasteiger partial charge in [-0.15, -0.1) is 11.8 Å². The second kappa shape index (κ2) is 8.89. The Bertz CT molecular complexity index is 973. The maximum Gasteiger partial charge on any atom is 0.255 e. The molecule has 0 aliphatic carbocycles. The summed E-state index contributed by atoms with van der Waals surface area (Å²) in [6.07, 6.45) is 0. The lowest BCUT2D eigenvalue weighted by molar-refractivity contribution is 0.101. The highest BCUT2D eigenvalue weighted by Gasteiger charge is 2.10. The van der Waals surface area contributed by atoms with Gasteiger partial charge in [0.2, 0.25) is 0 Å². The predicted octanol–water partition coefficient (Wildman–Crippen LogP) is 5.88. The molecule has 0 saturated carbocycles. The molecular weight excluding hydrogens is 378 g/mol. The topological polar surface area (TPSA) is 46.2 Å². The Balaban J connectivity index is 1.65. The number of ketones is 1. The summed E-state index contributed by atoms with van der Waals surface area (Å²) in [6, 6.07) is 21.8. The lowest BCUT2D eigenvalue weighted by atomic mass is 10.2. The second-order valence-electron chi connectivity index (χ2n) is 6.02. The molecule has 3 nitrogen and oxygen atoms in total. The fourth-order valence-corrected chi connectivity index (χ4v) is 3.49. The van der Waals surface area contributed by atoms with Crippen LogP contribution in [0.1, 0.15) is 26.3 Å². The van der Waals surface area contributed by atoms with Gasteiger partial charge < -0.3 is 5.32 Å². The Labute approximate surface area is 167 Å². The third-order valence-corrected chi connectivity index (χ3v) is 5.39. The van der Waals surface area contributed by atoms with E-state index in [4.69, 9.17) is 11.6 Å². The van der Waals surface area contributed by atoms with Crippen LogP contribution in [0, 0.1) is 6.92 Å². The van der Waals surface area contributed by atoms with Crippen LogP contribution in [0.5, 0.6) is 0 Å². The number of aryl methyl sites for hydroxylation is 1. The van der Waals surface area contributed by atoms with Gasteiger partial charge in [0.1, 0.15) is 0 Å². The van der Waals surface area contributed by atoms with Gasteiger partial charge in [0.25, 0.3) is 5.91 Å². The zero-order valence-corrected chi connectivity index (χ0v) is 16.3. The fraction of sp³-hybridized carbons (Fsp3) is 0.0909. The fourth-order valence-electron chi connectivity index (χ4n) is 2.46. The summed E-state index contributed by atoms with van der Waals surface area (Å²) in [5, 5.41) is 3.45. The van der Waals surface area contributed by atoms with E-state index in [9.17, 15) is 9.59 Å². The number of anilines is 1. The van der Waals surface area contributed by atoms with Crippen molar-refractivity contribution in [3.05, 3.63) is 94.5 Å². The molecule has 136 valence electrons. The molecule has 3 aromatic rings. The Hall–Kier alpha value is -2.56. The number of rotatable bonds is 6. The first-order valence-corrected chi connectivity index (χ1v) is 9.78. The van der Waals surface area contributed by atoms with Gasteiger partial charge in [-0.3, -0.25) is 9.59 Å². The average Bonchev–Trinajstić information content (AvgIpc) is 2.70. The van der Waals surface area contributed by atoms with Gasteiger partial charge >= 0.3 is 0 Å². The molecule has 27 heavy (non-hydrogen) atoms. The molecule has 0 aliphatic rings. The van der Waals surface area contributed by atoms with Gasteiger partial charge in [-0.1, -0.05) is 54.1 Å². The maximum absolute atomic E-state index is 12.5. The Kier molecular flexibility index (Phi) is 6.32. The smallest absolute Gasteiger partial charge is 0.255 e. The number of hydrogen-bond acceptors (Lipinski definition) is 3. The zero-order chi connectivity index (χ0) is 19.2. The Morgan fingerprint density at radius 2 is 1.67 bits per heavy atom.